The minimum atomic E-state index is -1.35. The lowest BCUT2D eigenvalue weighted by atomic mass is 10.0. The molecule has 6 nitrogen and oxygen atoms in total. The Hall–Kier alpha value is -1.59. The van der Waals surface area contributed by atoms with Crippen LogP contribution in [-0.4, -0.2) is 34.1 Å². The predicted octanol–water partition coefficient (Wildman–Crippen LogP) is 8.41. The Bertz CT molecular complexity index is 537. The lowest BCUT2D eigenvalue weighted by Crippen LogP contribution is -2.42. The van der Waals surface area contributed by atoms with Crippen LogP contribution in [0.3, 0.4) is 0 Å². The van der Waals surface area contributed by atoms with E-state index in [2.05, 4.69) is 12.2 Å². The highest BCUT2D eigenvalue weighted by atomic mass is 16.4. The summed E-state index contributed by atoms with van der Waals surface area (Å²) in [5.74, 6) is -2.93. The Morgan fingerprint density at radius 3 is 1.11 bits per heavy atom. The molecule has 1 atom stereocenters. The Labute approximate surface area is 221 Å². The molecule has 36 heavy (non-hydrogen) atoms. The number of hydrogen-bond acceptors (Lipinski definition) is 3. The number of aliphatic carboxylic acids is 2. The van der Waals surface area contributed by atoms with Crippen molar-refractivity contribution in [3.8, 4) is 0 Å². The van der Waals surface area contributed by atoms with Gasteiger partial charge in [0, 0.05) is 6.42 Å². The smallest absolute Gasteiger partial charge is 0.326 e. The SMILES string of the molecule is CCCCCCCCCCCCCCCCCCCCCCCCCC(=O)N[C@@H](CC(=O)O)C(=O)O. The van der Waals surface area contributed by atoms with E-state index in [9.17, 15) is 14.4 Å². The van der Waals surface area contributed by atoms with Crippen LogP contribution in [0.25, 0.3) is 0 Å². The molecule has 1 amide bonds. The molecular formula is C30H57NO5. The summed E-state index contributed by atoms with van der Waals surface area (Å²) in [6.45, 7) is 2.28. The van der Waals surface area contributed by atoms with Gasteiger partial charge in [-0.1, -0.05) is 148 Å². The highest BCUT2D eigenvalue weighted by Gasteiger charge is 2.22. The Kier molecular flexibility index (Phi) is 25.3. The molecule has 6 heteroatoms. The van der Waals surface area contributed by atoms with Crippen LogP contribution in [0.5, 0.6) is 0 Å². The van der Waals surface area contributed by atoms with E-state index >= 15 is 0 Å². The van der Waals surface area contributed by atoms with E-state index in [-0.39, 0.29) is 12.3 Å². The van der Waals surface area contributed by atoms with Crippen molar-refractivity contribution in [1.29, 1.82) is 0 Å². The zero-order chi connectivity index (χ0) is 26.7. The second kappa shape index (κ2) is 26.5. The van der Waals surface area contributed by atoms with Gasteiger partial charge in [-0.2, -0.15) is 0 Å². The van der Waals surface area contributed by atoms with E-state index in [1.54, 1.807) is 0 Å². The quantitative estimate of drug-likeness (QED) is 0.0915. The lowest BCUT2D eigenvalue weighted by Gasteiger charge is -2.12. The molecule has 0 aromatic rings. The van der Waals surface area contributed by atoms with Crippen molar-refractivity contribution < 1.29 is 24.6 Å². The largest absolute Gasteiger partial charge is 0.481 e. The third-order valence-corrected chi connectivity index (χ3v) is 7.02. The fraction of sp³-hybridized carbons (Fsp3) is 0.900. The highest BCUT2D eigenvalue weighted by molar-refractivity contribution is 5.86. The van der Waals surface area contributed by atoms with Crippen LogP contribution in [0.15, 0.2) is 0 Å². The van der Waals surface area contributed by atoms with Gasteiger partial charge >= 0.3 is 11.9 Å². The molecule has 0 saturated carbocycles. The average Bonchev–Trinajstić information content (AvgIpc) is 2.83. The number of carboxylic acids is 2. The molecule has 0 radical (unpaired) electrons. The number of unbranched alkanes of at least 4 members (excludes halogenated alkanes) is 22. The summed E-state index contributed by atoms with van der Waals surface area (Å²) in [7, 11) is 0. The van der Waals surface area contributed by atoms with Gasteiger partial charge in [-0.25, -0.2) is 4.79 Å². The van der Waals surface area contributed by atoms with Crippen molar-refractivity contribution in [2.24, 2.45) is 0 Å². The molecule has 0 saturated heterocycles. The van der Waals surface area contributed by atoms with Crippen LogP contribution >= 0.6 is 0 Å². The van der Waals surface area contributed by atoms with Crippen LogP contribution in [-0.2, 0) is 14.4 Å². The van der Waals surface area contributed by atoms with Crippen molar-refractivity contribution in [3.63, 3.8) is 0 Å². The van der Waals surface area contributed by atoms with Gasteiger partial charge in [0.05, 0.1) is 6.42 Å². The first-order valence-corrected chi connectivity index (χ1v) is 15.2. The second-order valence-electron chi connectivity index (χ2n) is 10.6. The van der Waals surface area contributed by atoms with E-state index in [1.807, 2.05) is 0 Å². The van der Waals surface area contributed by atoms with E-state index < -0.39 is 24.4 Å². The summed E-state index contributed by atoms with van der Waals surface area (Å²) >= 11 is 0. The summed E-state index contributed by atoms with van der Waals surface area (Å²) in [6.07, 6.45) is 30.0. The van der Waals surface area contributed by atoms with Crippen molar-refractivity contribution in [2.45, 2.75) is 173 Å². The number of carboxylic acid groups (broad SMARTS) is 2. The normalized spacial score (nSPS) is 11.9. The fourth-order valence-corrected chi connectivity index (χ4v) is 4.71. The topological polar surface area (TPSA) is 104 Å². The molecule has 0 aromatic heterocycles. The Morgan fingerprint density at radius 1 is 0.528 bits per heavy atom. The van der Waals surface area contributed by atoms with Crippen molar-refractivity contribution >= 4 is 17.8 Å². The molecule has 0 unspecified atom stereocenters. The number of nitrogens with one attached hydrogen (secondary N) is 1. The molecule has 0 aliphatic rings. The third-order valence-electron chi connectivity index (χ3n) is 7.02. The molecule has 0 rings (SSSR count). The fourth-order valence-electron chi connectivity index (χ4n) is 4.71. The number of carbonyl (C=O) groups is 3. The predicted molar refractivity (Wildman–Crippen MR) is 148 cm³/mol. The zero-order valence-electron chi connectivity index (χ0n) is 23.4. The molecule has 0 aliphatic heterocycles. The van der Waals surface area contributed by atoms with Crippen molar-refractivity contribution in [3.05, 3.63) is 0 Å². The zero-order valence-corrected chi connectivity index (χ0v) is 23.4. The summed E-state index contributed by atoms with van der Waals surface area (Å²) < 4.78 is 0. The molecule has 0 heterocycles. The third kappa shape index (κ3) is 25.5. The van der Waals surface area contributed by atoms with Gasteiger partial charge in [0.2, 0.25) is 5.91 Å². The summed E-state index contributed by atoms with van der Waals surface area (Å²) in [6, 6.07) is -1.35. The monoisotopic (exact) mass is 511 g/mol. The van der Waals surface area contributed by atoms with Gasteiger partial charge in [-0.15, -0.1) is 0 Å². The van der Waals surface area contributed by atoms with Gasteiger partial charge in [-0.3, -0.25) is 9.59 Å². The van der Waals surface area contributed by atoms with E-state index in [1.165, 1.54) is 128 Å². The molecule has 0 fully saturated rings. The van der Waals surface area contributed by atoms with Gasteiger partial charge in [-0.05, 0) is 6.42 Å². The van der Waals surface area contributed by atoms with Crippen LogP contribution in [0.1, 0.15) is 167 Å². The first-order chi connectivity index (χ1) is 17.5. The molecule has 0 aromatic carbocycles. The minimum Gasteiger partial charge on any atom is -0.481 e. The number of hydrogen-bond donors (Lipinski definition) is 3. The van der Waals surface area contributed by atoms with E-state index in [4.69, 9.17) is 10.2 Å². The van der Waals surface area contributed by atoms with Gasteiger partial charge in [0.25, 0.3) is 0 Å². The minimum absolute atomic E-state index is 0.253. The summed E-state index contributed by atoms with van der Waals surface area (Å²) in [5, 5.41) is 19.9. The number of carbonyl (C=O) groups excluding carboxylic acids is 1. The summed E-state index contributed by atoms with van der Waals surface area (Å²) in [4.78, 5) is 33.4. The molecule has 3 N–H and O–H groups in total. The highest BCUT2D eigenvalue weighted by Crippen LogP contribution is 2.15. The van der Waals surface area contributed by atoms with E-state index in [0.717, 1.165) is 12.8 Å². The molecule has 0 bridgehead atoms. The van der Waals surface area contributed by atoms with Gasteiger partial charge < -0.3 is 15.5 Å². The molecule has 0 aliphatic carbocycles. The average molecular weight is 512 g/mol. The van der Waals surface area contributed by atoms with Crippen molar-refractivity contribution in [2.75, 3.05) is 0 Å². The molecule has 0 spiro atoms. The molecule has 212 valence electrons. The summed E-state index contributed by atoms with van der Waals surface area (Å²) in [5.41, 5.74) is 0. The maximum absolute atomic E-state index is 11.8. The number of amides is 1. The van der Waals surface area contributed by atoms with Crippen LogP contribution < -0.4 is 5.32 Å². The van der Waals surface area contributed by atoms with Gasteiger partial charge in [0.15, 0.2) is 0 Å². The first kappa shape index (κ1) is 34.4. The Balaban J connectivity index is 3.27. The van der Waals surface area contributed by atoms with Crippen molar-refractivity contribution in [1.82, 2.24) is 5.32 Å². The number of rotatable bonds is 28. The van der Waals surface area contributed by atoms with Crippen LogP contribution in [0.4, 0.5) is 0 Å². The lowest BCUT2D eigenvalue weighted by molar-refractivity contribution is -0.147. The second-order valence-corrected chi connectivity index (χ2v) is 10.6. The maximum atomic E-state index is 11.8. The van der Waals surface area contributed by atoms with Crippen LogP contribution in [0, 0.1) is 0 Å². The van der Waals surface area contributed by atoms with E-state index in [0.29, 0.717) is 6.42 Å². The maximum Gasteiger partial charge on any atom is 0.326 e. The Morgan fingerprint density at radius 2 is 0.833 bits per heavy atom. The van der Waals surface area contributed by atoms with Gasteiger partial charge in [0.1, 0.15) is 6.04 Å². The van der Waals surface area contributed by atoms with Crippen LogP contribution in [0.2, 0.25) is 0 Å². The standard InChI is InChI=1S/C30H57NO5/c1-2-3-4-5-6-7-8-9-10-11-12-13-14-15-16-17-18-19-20-21-22-23-24-25-28(32)31-27(30(35)36)26-29(33)34/h27H,2-26H2,1H3,(H,31,32)(H,33,34)(H,35,36)/t27-/m0/s1. The first-order valence-electron chi connectivity index (χ1n) is 15.2. The molecular weight excluding hydrogens is 454 g/mol.